The van der Waals surface area contributed by atoms with Gasteiger partial charge in [-0.05, 0) is 18.6 Å². The van der Waals surface area contributed by atoms with E-state index >= 15 is 0 Å². The Kier molecular flexibility index (Phi) is 2.98. The molecule has 3 rings (SSSR count). The third-order valence-corrected chi connectivity index (χ3v) is 3.75. The highest BCUT2D eigenvalue weighted by molar-refractivity contribution is 6.11. The smallest absolute Gasteiger partial charge is 0.246 e. The number of likely N-dealkylation sites (N-methyl/N-ethyl adjacent to an activating group) is 1. The van der Waals surface area contributed by atoms with Crippen LogP contribution in [0.15, 0.2) is 24.3 Å². The van der Waals surface area contributed by atoms with Crippen LogP contribution < -0.4 is 9.80 Å². The number of fused-ring (bicyclic) bond motifs is 1. The largest absolute Gasteiger partial charge is 0.381 e. The van der Waals surface area contributed by atoms with Gasteiger partial charge in [-0.2, -0.15) is 0 Å². The molecule has 1 unspecified atom stereocenters. The van der Waals surface area contributed by atoms with Crippen LogP contribution in [0.3, 0.4) is 0 Å². The van der Waals surface area contributed by atoms with Crippen molar-refractivity contribution in [2.75, 3.05) is 36.6 Å². The topological polar surface area (TPSA) is 49.9 Å². The van der Waals surface area contributed by atoms with Gasteiger partial charge in [-0.25, -0.2) is 0 Å². The third-order valence-electron chi connectivity index (χ3n) is 3.75. The molecule has 1 fully saturated rings. The van der Waals surface area contributed by atoms with Gasteiger partial charge in [-0.3, -0.25) is 9.59 Å². The van der Waals surface area contributed by atoms with E-state index in [0.29, 0.717) is 13.2 Å². The Morgan fingerprint density at radius 2 is 2.05 bits per heavy atom. The summed E-state index contributed by atoms with van der Waals surface area (Å²) in [5, 5.41) is 0. The predicted octanol–water partition coefficient (Wildman–Crippen LogP) is 1.03. The lowest BCUT2D eigenvalue weighted by Crippen LogP contribution is -2.48. The van der Waals surface area contributed by atoms with Crippen LogP contribution in [0.2, 0.25) is 0 Å². The molecule has 0 aliphatic carbocycles. The third kappa shape index (κ3) is 2.00. The van der Waals surface area contributed by atoms with Gasteiger partial charge in [-0.15, -0.1) is 0 Å². The molecule has 0 spiro atoms. The first kappa shape index (κ1) is 12.2. The summed E-state index contributed by atoms with van der Waals surface area (Å²) in [5.41, 5.74) is 1.59. The highest BCUT2D eigenvalue weighted by atomic mass is 16.5. The van der Waals surface area contributed by atoms with Crippen LogP contribution in [0, 0.1) is 5.92 Å². The number of rotatable bonds is 1. The molecule has 1 atom stereocenters. The van der Waals surface area contributed by atoms with Crippen molar-refractivity contribution < 1.29 is 14.3 Å². The Hall–Kier alpha value is -1.88. The molecule has 5 heteroatoms. The van der Waals surface area contributed by atoms with Crippen molar-refractivity contribution in [1.82, 2.24) is 0 Å². The summed E-state index contributed by atoms with van der Waals surface area (Å²) in [5.74, 6) is -0.193. The minimum atomic E-state index is -0.121. The normalized spacial score (nSPS) is 22.6. The van der Waals surface area contributed by atoms with E-state index in [-0.39, 0.29) is 24.3 Å². The second-order valence-electron chi connectivity index (χ2n) is 4.93. The van der Waals surface area contributed by atoms with E-state index in [0.717, 1.165) is 17.8 Å². The average Bonchev–Trinajstić information content (AvgIpc) is 2.96. The van der Waals surface area contributed by atoms with Crippen molar-refractivity contribution in [1.29, 1.82) is 0 Å². The number of ether oxygens (including phenoxy) is 1. The van der Waals surface area contributed by atoms with E-state index in [1.165, 1.54) is 0 Å². The number of anilines is 2. The molecule has 0 bridgehead atoms. The summed E-state index contributed by atoms with van der Waals surface area (Å²) < 4.78 is 5.26. The SMILES string of the molecule is CN1C(=O)CN(C(=O)C2CCOC2)c2ccccc21. The molecular formula is C14H16N2O3. The molecule has 0 N–H and O–H groups in total. The molecule has 2 aliphatic heterocycles. The summed E-state index contributed by atoms with van der Waals surface area (Å²) in [7, 11) is 1.74. The zero-order valence-corrected chi connectivity index (χ0v) is 10.8. The van der Waals surface area contributed by atoms with E-state index in [1.54, 1.807) is 16.8 Å². The zero-order chi connectivity index (χ0) is 13.4. The monoisotopic (exact) mass is 260 g/mol. The highest BCUT2D eigenvalue weighted by Crippen LogP contribution is 2.33. The Labute approximate surface area is 111 Å². The fourth-order valence-electron chi connectivity index (χ4n) is 2.58. The molecule has 1 saturated heterocycles. The molecule has 5 nitrogen and oxygen atoms in total. The fourth-order valence-corrected chi connectivity index (χ4v) is 2.58. The van der Waals surface area contributed by atoms with Crippen molar-refractivity contribution in [2.45, 2.75) is 6.42 Å². The number of amides is 2. The van der Waals surface area contributed by atoms with Crippen LogP contribution in [0.1, 0.15) is 6.42 Å². The molecule has 2 amide bonds. The maximum atomic E-state index is 12.5. The summed E-state index contributed by atoms with van der Waals surface area (Å²) in [6.45, 7) is 1.20. The number of carbonyl (C=O) groups is 2. The first-order valence-electron chi connectivity index (χ1n) is 6.43. The molecule has 1 aromatic carbocycles. The van der Waals surface area contributed by atoms with Gasteiger partial charge in [0, 0.05) is 13.7 Å². The lowest BCUT2D eigenvalue weighted by atomic mass is 10.1. The summed E-state index contributed by atoms with van der Waals surface area (Å²) in [4.78, 5) is 27.7. The summed E-state index contributed by atoms with van der Waals surface area (Å²) in [6.07, 6.45) is 0.738. The number of hydrogen-bond donors (Lipinski definition) is 0. The lowest BCUT2D eigenvalue weighted by Gasteiger charge is -2.35. The second-order valence-corrected chi connectivity index (χ2v) is 4.93. The molecule has 0 radical (unpaired) electrons. The average molecular weight is 260 g/mol. The Morgan fingerprint density at radius 3 is 2.74 bits per heavy atom. The van der Waals surface area contributed by atoms with Crippen LogP contribution >= 0.6 is 0 Å². The Morgan fingerprint density at radius 1 is 1.32 bits per heavy atom. The molecule has 19 heavy (non-hydrogen) atoms. The quantitative estimate of drug-likeness (QED) is 0.758. The predicted molar refractivity (Wildman–Crippen MR) is 71.1 cm³/mol. The second kappa shape index (κ2) is 4.66. The number of carbonyl (C=O) groups excluding carboxylic acids is 2. The molecular weight excluding hydrogens is 244 g/mol. The number of para-hydroxylation sites is 2. The van der Waals surface area contributed by atoms with E-state index in [1.807, 2.05) is 24.3 Å². The van der Waals surface area contributed by atoms with E-state index in [9.17, 15) is 9.59 Å². The van der Waals surface area contributed by atoms with Crippen molar-refractivity contribution >= 4 is 23.2 Å². The zero-order valence-electron chi connectivity index (χ0n) is 10.8. The molecule has 100 valence electrons. The molecule has 1 aromatic rings. The van der Waals surface area contributed by atoms with Gasteiger partial charge in [0.25, 0.3) is 0 Å². The van der Waals surface area contributed by atoms with Gasteiger partial charge in [0.2, 0.25) is 11.8 Å². The lowest BCUT2D eigenvalue weighted by molar-refractivity contribution is -0.125. The standard InChI is InChI=1S/C14H16N2O3/c1-15-11-4-2-3-5-12(11)16(8-13(15)17)14(18)10-6-7-19-9-10/h2-5,10H,6-9H2,1H3. The van der Waals surface area contributed by atoms with E-state index < -0.39 is 0 Å². The summed E-state index contributed by atoms with van der Waals surface area (Å²) in [6, 6.07) is 7.49. The summed E-state index contributed by atoms with van der Waals surface area (Å²) >= 11 is 0. The van der Waals surface area contributed by atoms with E-state index in [4.69, 9.17) is 4.74 Å². The van der Waals surface area contributed by atoms with Crippen molar-refractivity contribution in [3.63, 3.8) is 0 Å². The van der Waals surface area contributed by atoms with Crippen LogP contribution in [0.25, 0.3) is 0 Å². The molecule has 0 aromatic heterocycles. The fraction of sp³-hybridized carbons (Fsp3) is 0.429. The van der Waals surface area contributed by atoms with Crippen LogP contribution in [0.5, 0.6) is 0 Å². The molecule has 2 aliphatic rings. The first-order chi connectivity index (χ1) is 9.18. The van der Waals surface area contributed by atoms with Crippen molar-refractivity contribution in [2.24, 2.45) is 5.92 Å². The minimum absolute atomic E-state index is 0.00796. The van der Waals surface area contributed by atoms with Gasteiger partial charge < -0.3 is 14.5 Å². The maximum absolute atomic E-state index is 12.5. The van der Waals surface area contributed by atoms with Gasteiger partial charge in [0.15, 0.2) is 0 Å². The van der Waals surface area contributed by atoms with Crippen LogP contribution in [-0.2, 0) is 14.3 Å². The molecule has 2 heterocycles. The molecule has 0 saturated carbocycles. The van der Waals surface area contributed by atoms with Crippen LogP contribution in [0.4, 0.5) is 11.4 Å². The number of nitrogens with zero attached hydrogens (tertiary/aromatic N) is 2. The van der Waals surface area contributed by atoms with Gasteiger partial charge >= 0.3 is 0 Å². The maximum Gasteiger partial charge on any atom is 0.246 e. The minimum Gasteiger partial charge on any atom is -0.381 e. The first-order valence-corrected chi connectivity index (χ1v) is 6.43. The van der Waals surface area contributed by atoms with Crippen molar-refractivity contribution in [3.05, 3.63) is 24.3 Å². The van der Waals surface area contributed by atoms with Crippen molar-refractivity contribution in [3.8, 4) is 0 Å². The van der Waals surface area contributed by atoms with Gasteiger partial charge in [-0.1, -0.05) is 12.1 Å². The Bertz CT molecular complexity index is 523. The van der Waals surface area contributed by atoms with Gasteiger partial charge in [0.05, 0.1) is 23.9 Å². The number of benzene rings is 1. The van der Waals surface area contributed by atoms with Crippen LogP contribution in [-0.4, -0.2) is 38.6 Å². The number of hydrogen-bond acceptors (Lipinski definition) is 3. The van der Waals surface area contributed by atoms with E-state index in [2.05, 4.69) is 0 Å². The highest BCUT2D eigenvalue weighted by Gasteiger charge is 2.35. The van der Waals surface area contributed by atoms with Gasteiger partial charge in [0.1, 0.15) is 6.54 Å². The Balaban J connectivity index is 1.96.